The molecule has 7 aliphatic carbocycles. The second-order valence-electron chi connectivity index (χ2n) is 17.7. The van der Waals surface area contributed by atoms with E-state index in [0.717, 1.165) is 75.3 Å². The number of aliphatic hydroxyl groups is 3. The highest BCUT2D eigenvalue weighted by atomic mass is 16.5. The standard InChI is InChI=1S/C43H63NO6/c1-39-18-15-33(45)25-41(39)21-22-43(35(26-41)38(47)32-13-8-5-9-14-32)36(39)16-19-40(2)37(43)17-20-42(40,48)30-44(23-10-24-49-3)27-34(46)29-50-28-31-11-6-4-7-12-31/h4,6-7,11-12,21-22,26,32-34,36-37,45-46,48H,5,8-10,13-20,23-25,27-30H2,1-3H3/t33?,34-,36-,37-,39-,40+,41+,42-,43-/m1/s1. The van der Waals surface area contributed by atoms with Crippen LogP contribution < -0.4 is 0 Å². The third kappa shape index (κ3) is 6.00. The summed E-state index contributed by atoms with van der Waals surface area (Å²) in [5.41, 5.74) is 0.0677. The SMILES string of the molecule is COCCCN(C[C@@H](O)COCc1ccccc1)C[C@]1(O)CC[C@H]2[C@]34C=C[C@@]5(C=C3C(=O)C3CCCCC3)CC(O)CC[C@]5(C)[C@H]4CC[C@@]21C. The first-order valence-corrected chi connectivity index (χ1v) is 19.9. The van der Waals surface area contributed by atoms with Gasteiger partial charge in [0.05, 0.1) is 31.0 Å². The smallest absolute Gasteiger partial charge is 0.162 e. The fourth-order valence-electron chi connectivity index (χ4n) is 12.5. The predicted octanol–water partition coefficient (Wildman–Crippen LogP) is 6.64. The van der Waals surface area contributed by atoms with Crippen LogP contribution in [0.3, 0.4) is 0 Å². The van der Waals surface area contributed by atoms with Crippen molar-refractivity contribution in [3.8, 4) is 0 Å². The summed E-state index contributed by atoms with van der Waals surface area (Å²) in [6.07, 6.45) is 18.4. The second-order valence-corrected chi connectivity index (χ2v) is 17.7. The maximum Gasteiger partial charge on any atom is 0.162 e. The van der Waals surface area contributed by atoms with Gasteiger partial charge in [0.25, 0.3) is 0 Å². The fraction of sp³-hybridized carbons (Fsp3) is 0.744. The predicted molar refractivity (Wildman–Crippen MR) is 195 cm³/mol. The molecule has 1 aromatic rings. The lowest BCUT2D eigenvalue weighted by Gasteiger charge is -2.71. The van der Waals surface area contributed by atoms with Crippen molar-refractivity contribution in [3.05, 3.63) is 59.7 Å². The van der Waals surface area contributed by atoms with Gasteiger partial charge in [0.15, 0.2) is 5.78 Å². The van der Waals surface area contributed by atoms with Crippen LogP contribution in [0, 0.1) is 39.4 Å². The van der Waals surface area contributed by atoms with E-state index < -0.39 is 22.5 Å². The largest absolute Gasteiger partial charge is 0.393 e. The van der Waals surface area contributed by atoms with E-state index in [0.29, 0.717) is 57.4 Å². The van der Waals surface area contributed by atoms with Crippen molar-refractivity contribution in [3.63, 3.8) is 0 Å². The van der Waals surface area contributed by atoms with E-state index in [9.17, 15) is 20.1 Å². The second kappa shape index (κ2) is 14.2. The first-order valence-electron chi connectivity index (χ1n) is 19.9. The summed E-state index contributed by atoms with van der Waals surface area (Å²) in [7, 11) is 1.72. The van der Waals surface area contributed by atoms with E-state index in [-0.39, 0.29) is 35.4 Å². The summed E-state index contributed by atoms with van der Waals surface area (Å²) in [5.74, 6) is 0.918. The number of hydrogen-bond donors (Lipinski definition) is 3. The summed E-state index contributed by atoms with van der Waals surface area (Å²) in [5, 5.41) is 35.2. The number of aliphatic hydroxyl groups excluding tert-OH is 2. The number of benzene rings is 1. The summed E-state index contributed by atoms with van der Waals surface area (Å²) in [6, 6.07) is 10.0. The average Bonchev–Trinajstić information content (AvgIpc) is 3.38. The van der Waals surface area contributed by atoms with E-state index in [1.54, 1.807) is 7.11 Å². The minimum atomic E-state index is -0.961. The molecule has 0 aliphatic heterocycles. The van der Waals surface area contributed by atoms with Gasteiger partial charge in [-0.3, -0.25) is 9.69 Å². The van der Waals surface area contributed by atoms with E-state index in [4.69, 9.17) is 9.47 Å². The first kappa shape index (κ1) is 36.5. The molecule has 1 aromatic carbocycles. The normalized spacial score (nSPS) is 39.9. The molecule has 7 heteroatoms. The van der Waals surface area contributed by atoms with Gasteiger partial charge in [0.1, 0.15) is 0 Å². The number of Topliss-reactive ketones (excluding diaryl/α,β-unsaturated/α-hetero) is 1. The summed E-state index contributed by atoms with van der Waals surface area (Å²) >= 11 is 0. The van der Waals surface area contributed by atoms with Crippen molar-refractivity contribution >= 4 is 5.78 Å². The Hall–Kier alpha value is -1.87. The molecule has 1 unspecified atom stereocenters. The van der Waals surface area contributed by atoms with Gasteiger partial charge in [0.2, 0.25) is 0 Å². The van der Waals surface area contributed by atoms with Crippen molar-refractivity contribution in [2.24, 2.45) is 39.4 Å². The zero-order valence-corrected chi connectivity index (χ0v) is 31.0. The van der Waals surface area contributed by atoms with Crippen molar-refractivity contribution in [1.29, 1.82) is 0 Å². The topological polar surface area (TPSA) is 99.5 Å². The van der Waals surface area contributed by atoms with E-state index >= 15 is 0 Å². The number of fused-ring (bicyclic) bond motifs is 1. The van der Waals surface area contributed by atoms with Crippen molar-refractivity contribution < 1.29 is 29.6 Å². The summed E-state index contributed by atoms with van der Waals surface area (Å²) in [4.78, 5) is 17.1. The molecule has 9 atom stereocenters. The Labute approximate surface area is 300 Å². The fourth-order valence-corrected chi connectivity index (χ4v) is 12.5. The molecular formula is C43H63NO6. The summed E-state index contributed by atoms with van der Waals surface area (Å²) in [6.45, 7) is 7.71. The molecule has 276 valence electrons. The maximum absolute atomic E-state index is 14.8. The Morgan fingerprint density at radius 1 is 0.960 bits per heavy atom. The lowest BCUT2D eigenvalue weighted by Crippen LogP contribution is -2.67. The molecule has 0 heterocycles. The quantitative estimate of drug-likeness (QED) is 0.149. The van der Waals surface area contributed by atoms with Crippen LogP contribution in [-0.2, 0) is 20.9 Å². The molecule has 8 rings (SSSR count). The number of hydrogen-bond acceptors (Lipinski definition) is 7. The average molecular weight is 690 g/mol. The molecule has 2 spiro atoms. The van der Waals surface area contributed by atoms with Gasteiger partial charge in [-0.1, -0.05) is 81.7 Å². The van der Waals surface area contributed by atoms with E-state index in [1.165, 1.54) is 6.42 Å². The van der Waals surface area contributed by atoms with Crippen molar-refractivity contribution in [2.75, 3.05) is 40.0 Å². The van der Waals surface area contributed by atoms with Crippen LogP contribution in [0.2, 0.25) is 0 Å². The Bertz CT molecular complexity index is 1420. The van der Waals surface area contributed by atoms with E-state index in [2.05, 4.69) is 37.0 Å². The molecule has 4 saturated carbocycles. The molecule has 0 radical (unpaired) electrons. The number of methoxy groups -OCH3 is 1. The van der Waals surface area contributed by atoms with Gasteiger partial charge < -0.3 is 24.8 Å². The molecule has 7 nitrogen and oxygen atoms in total. The Kier molecular flexibility index (Phi) is 10.3. The van der Waals surface area contributed by atoms with E-state index in [1.807, 2.05) is 30.3 Å². The van der Waals surface area contributed by atoms with Crippen LogP contribution >= 0.6 is 0 Å². The van der Waals surface area contributed by atoms with Crippen LogP contribution in [0.1, 0.15) is 103 Å². The molecule has 0 saturated heterocycles. The highest BCUT2D eigenvalue weighted by Gasteiger charge is 2.74. The molecule has 0 aromatic heterocycles. The lowest BCUT2D eigenvalue weighted by atomic mass is 9.32. The molecule has 2 bridgehead atoms. The van der Waals surface area contributed by atoms with Gasteiger partial charge >= 0.3 is 0 Å². The summed E-state index contributed by atoms with van der Waals surface area (Å²) < 4.78 is 11.3. The highest BCUT2D eigenvalue weighted by molar-refractivity contribution is 6.00. The zero-order valence-electron chi connectivity index (χ0n) is 31.0. The van der Waals surface area contributed by atoms with Gasteiger partial charge in [-0.25, -0.2) is 0 Å². The lowest BCUT2D eigenvalue weighted by molar-refractivity contribution is -0.180. The van der Waals surface area contributed by atoms with Gasteiger partial charge in [-0.15, -0.1) is 0 Å². The highest BCUT2D eigenvalue weighted by Crippen LogP contribution is 2.78. The van der Waals surface area contributed by atoms with Gasteiger partial charge in [-0.05, 0) is 87.0 Å². The van der Waals surface area contributed by atoms with Crippen LogP contribution in [0.15, 0.2) is 54.1 Å². The molecule has 3 N–H and O–H groups in total. The Balaban J connectivity index is 1.16. The zero-order chi connectivity index (χ0) is 35.2. The number of allylic oxidation sites excluding steroid dienone is 4. The number of ether oxygens (including phenoxy) is 2. The molecule has 0 amide bonds. The van der Waals surface area contributed by atoms with Gasteiger partial charge in [0, 0.05) is 61.1 Å². The van der Waals surface area contributed by atoms with Crippen LogP contribution in [0.25, 0.3) is 0 Å². The monoisotopic (exact) mass is 689 g/mol. The number of nitrogens with zero attached hydrogens (tertiary/aromatic N) is 1. The molecular weight excluding hydrogens is 626 g/mol. The minimum absolute atomic E-state index is 0.0184. The first-order chi connectivity index (χ1) is 24.0. The number of rotatable bonds is 14. The molecule has 50 heavy (non-hydrogen) atoms. The number of ketones is 1. The third-order valence-electron chi connectivity index (χ3n) is 15.2. The van der Waals surface area contributed by atoms with Gasteiger partial charge in [-0.2, -0.15) is 0 Å². The number of carbonyl (C=O) groups is 1. The van der Waals surface area contributed by atoms with Crippen LogP contribution in [-0.4, -0.2) is 83.8 Å². The van der Waals surface area contributed by atoms with Crippen LogP contribution in [0.4, 0.5) is 0 Å². The Morgan fingerprint density at radius 2 is 1.68 bits per heavy atom. The Morgan fingerprint density at radius 3 is 2.44 bits per heavy atom. The third-order valence-corrected chi connectivity index (χ3v) is 15.2. The molecule has 7 aliphatic rings. The molecule has 4 fully saturated rings. The number of carbonyl (C=O) groups excluding carboxylic acids is 1. The van der Waals surface area contributed by atoms with Crippen molar-refractivity contribution in [2.45, 2.75) is 122 Å². The maximum atomic E-state index is 14.8. The minimum Gasteiger partial charge on any atom is -0.393 e. The van der Waals surface area contributed by atoms with Crippen LogP contribution in [0.5, 0.6) is 0 Å². The van der Waals surface area contributed by atoms with Crippen molar-refractivity contribution in [1.82, 2.24) is 4.90 Å².